The van der Waals surface area contributed by atoms with Crippen LogP contribution in [0.25, 0.3) is 0 Å². The smallest absolute Gasteiger partial charge is 0.293 e. The van der Waals surface area contributed by atoms with Crippen LogP contribution in [0.2, 0.25) is 0 Å². The number of nitro groups is 1. The molecular weight excluding hydrogens is 363 g/mol. The van der Waals surface area contributed by atoms with Crippen LogP contribution in [-0.4, -0.2) is 22.5 Å². The van der Waals surface area contributed by atoms with Gasteiger partial charge in [-0.1, -0.05) is 6.92 Å². The molecule has 0 aromatic heterocycles. The van der Waals surface area contributed by atoms with Gasteiger partial charge in [0.2, 0.25) is 0 Å². The van der Waals surface area contributed by atoms with Crippen molar-refractivity contribution in [3.63, 3.8) is 0 Å². The van der Waals surface area contributed by atoms with Crippen molar-refractivity contribution < 1.29 is 4.92 Å². The second-order valence-electron chi connectivity index (χ2n) is 3.95. The van der Waals surface area contributed by atoms with Crippen LogP contribution in [0.4, 0.5) is 11.4 Å². The quantitative estimate of drug-likeness (QED) is 0.334. The van der Waals surface area contributed by atoms with Gasteiger partial charge < -0.3 is 5.32 Å². The van der Waals surface area contributed by atoms with Crippen LogP contribution in [0.15, 0.2) is 18.2 Å². The van der Waals surface area contributed by atoms with Crippen molar-refractivity contribution in [3.8, 4) is 0 Å². The molecule has 0 fully saturated rings. The highest BCUT2D eigenvalue weighted by atomic mass is 127. The molecule has 0 aliphatic heterocycles. The van der Waals surface area contributed by atoms with E-state index in [9.17, 15) is 10.1 Å². The van der Waals surface area contributed by atoms with E-state index in [1.807, 2.05) is 17.8 Å². The maximum atomic E-state index is 11.0. The first-order valence-corrected chi connectivity index (χ1v) is 8.06. The number of rotatable bonds is 7. The predicted molar refractivity (Wildman–Crippen MR) is 86.5 cm³/mol. The van der Waals surface area contributed by atoms with Crippen LogP contribution in [0.5, 0.6) is 0 Å². The Bertz CT molecular complexity index is 415. The third kappa shape index (κ3) is 5.01. The first-order valence-electron chi connectivity index (χ1n) is 5.82. The van der Waals surface area contributed by atoms with Gasteiger partial charge in [-0.25, -0.2) is 0 Å². The normalized spacial score (nSPS) is 12.2. The molecule has 0 aliphatic carbocycles. The molecule has 0 saturated heterocycles. The summed E-state index contributed by atoms with van der Waals surface area (Å²) in [7, 11) is 0. The second kappa shape index (κ2) is 7.83. The van der Waals surface area contributed by atoms with E-state index in [0.29, 0.717) is 5.69 Å². The summed E-state index contributed by atoms with van der Waals surface area (Å²) in [5.74, 6) is 2.18. The minimum atomic E-state index is -0.335. The summed E-state index contributed by atoms with van der Waals surface area (Å²) in [6.45, 7) is 4.19. The zero-order chi connectivity index (χ0) is 13.5. The zero-order valence-electron chi connectivity index (χ0n) is 10.5. The summed E-state index contributed by atoms with van der Waals surface area (Å²) < 4.78 is 0.874. The van der Waals surface area contributed by atoms with Gasteiger partial charge in [0.05, 0.1) is 4.92 Å². The SMILES string of the molecule is CCSCCC(C)Nc1ccc(I)cc1[N+](=O)[O-]. The summed E-state index contributed by atoms with van der Waals surface area (Å²) in [6, 6.07) is 5.49. The first-order chi connectivity index (χ1) is 8.54. The molecule has 1 aromatic carbocycles. The van der Waals surface area contributed by atoms with Gasteiger partial charge in [0.1, 0.15) is 5.69 Å². The Morgan fingerprint density at radius 2 is 2.28 bits per heavy atom. The maximum Gasteiger partial charge on any atom is 0.293 e. The minimum absolute atomic E-state index is 0.150. The molecule has 0 radical (unpaired) electrons. The average Bonchev–Trinajstić information content (AvgIpc) is 2.31. The fraction of sp³-hybridized carbons (Fsp3) is 0.500. The molecule has 0 saturated carbocycles. The molecule has 0 spiro atoms. The number of anilines is 1. The zero-order valence-corrected chi connectivity index (χ0v) is 13.5. The molecular formula is C12H17IN2O2S. The molecule has 0 aliphatic rings. The van der Waals surface area contributed by atoms with Gasteiger partial charge in [0.15, 0.2) is 0 Å². The summed E-state index contributed by atoms with van der Waals surface area (Å²) in [4.78, 5) is 10.6. The van der Waals surface area contributed by atoms with Gasteiger partial charge in [0, 0.05) is 15.7 Å². The van der Waals surface area contributed by atoms with Gasteiger partial charge in [-0.05, 0) is 59.6 Å². The molecule has 1 atom stereocenters. The maximum absolute atomic E-state index is 11.0. The standard InChI is InChI=1S/C12H17IN2O2S/c1-3-18-7-6-9(2)14-11-5-4-10(13)8-12(11)15(16)17/h4-5,8-9,14H,3,6-7H2,1-2H3. The van der Waals surface area contributed by atoms with Crippen LogP contribution in [-0.2, 0) is 0 Å². The third-order valence-electron chi connectivity index (χ3n) is 2.46. The fourth-order valence-electron chi connectivity index (χ4n) is 1.52. The van der Waals surface area contributed by atoms with E-state index in [0.717, 1.165) is 21.5 Å². The molecule has 1 rings (SSSR count). The Labute approximate surface area is 125 Å². The number of benzene rings is 1. The highest BCUT2D eigenvalue weighted by Gasteiger charge is 2.15. The molecule has 1 N–H and O–H groups in total. The summed E-state index contributed by atoms with van der Waals surface area (Å²) >= 11 is 3.97. The molecule has 100 valence electrons. The van der Waals surface area contributed by atoms with Crippen LogP contribution >= 0.6 is 34.4 Å². The van der Waals surface area contributed by atoms with Crippen LogP contribution in [0.1, 0.15) is 20.3 Å². The monoisotopic (exact) mass is 380 g/mol. The Hall–Kier alpha value is -0.500. The van der Waals surface area contributed by atoms with Crippen molar-refractivity contribution in [1.29, 1.82) is 0 Å². The first kappa shape index (κ1) is 15.6. The Morgan fingerprint density at radius 1 is 1.56 bits per heavy atom. The van der Waals surface area contributed by atoms with Gasteiger partial charge in [-0.15, -0.1) is 0 Å². The summed E-state index contributed by atoms with van der Waals surface area (Å²) in [5.41, 5.74) is 0.756. The van der Waals surface area contributed by atoms with Gasteiger partial charge in [0.25, 0.3) is 5.69 Å². The summed E-state index contributed by atoms with van der Waals surface area (Å²) in [5, 5.41) is 14.2. The third-order valence-corrected chi connectivity index (χ3v) is 4.06. The summed E-state index contributed by atoms with van der Waals surface area (Å²) in [6.07, 6.45) is 1.00. The van der Waals surface area contributed by atoms with Crippen molar-refractivity contribution in [2.45, 2.75) is 26.3 Å². The number of halogens is 1. The lowest BCUT2D eigenvalue weighted by atomic mass is 10.2. The lowest BCUT2D eigenvalue weighted by Crippen LogP contribution is -2.17. The number of nitrogens with one attached hydrogen (secondary N) is 1. The predicted octanol–water partition coefficient (Wildman–Crippen LogP) is 4.14. The number of nitro benzene ring substituents is 1. The Balaban J connectivity index is 2.68. The van der Waals surface area contributed by atoms with Crippen molar-refractivity contribution in [2.24, 2.45) is 0 Å². The molecule has 4 nitrogen and oxygen atoms in total. The van der Waals surface area contributed by atoms with Crippen LogP contribution < -0.4 is 5.32 Å². The van der Waals surface area contributed by atoms with Crippen molar-refractivity contribution in [3.05, 3.63) is 31.9 Å². The van der Waals surface area contributed by atoms with E-state index >= 15 is 0 Å². The molecule has 0 bridgehead atoms. The number of hydrogen-bond donors (Lipinski definition) is 1. The van der Waals surface area contributed by atoms with E-state index in [1.165, 1.54) is 0 Å². The Kier molecular flexibility index (Phi) is 6.77. The van der Waals surface area contributed by atoms with Crippen LogP contribution in [0, 0.1) is 13.7 Å². The van der Waals surface area contributed by atoms with E-state index in [1.54, 1.807) is 12.1 Å². The van der Waals surface area contributed by atoms with Gasteiger partial charge in [-0.3, -0.25) is 10.1 Å². The van der Waals surface area contributed by atoms with E-state index in [-0.39, 0.29) is 16.7 Å². The van der Waals surface area contributed by atoms with E-state index in [4.69, 9.17) is 0 Å². The topological polar surface area (TPSA) is 55.2 Å². The number of nitrogens with zero attached hydrogens (tertiary/aromatic N) is 1. The second-order valence-corrected chi connectivity index (χ2v) is 6.59. The van der Waals surface area contributed by atoms with Crippen LogP contribution in [0.3, 0.4) is 0 Å². The molecule has 18 heavy (non-hydrogen) atoms. The van der Waals surface area contributed by atoms with Crippen molar-refractivity contribution >= 4 is 45.7 Å². The largest absolute Gasteiger partial charge is 0.377 e. The van der Waals surface area contributed by atoms with E-state index in [2.05, 4.69) is 41.8 Å². The molecule has 1 aromatic rings. The van der Waals surface area contributed by atoms with E-state index < -0.39 is 0 Å². The fourth-order valence-corrected chi connectivity index (χ4v) is 2.80. The molecule has 0 heterocycles. The highest BCUT2D eigenvalue weighted by molar-refractivity contribution is 14.1. The Morgan fingerprint density at radius 3 is 2.89 bits per heavy atom. The van der Waals surface area contributed by atoms with Gasteiger partial charge in [-0.2, -0.15) is 11.8 Å². The van der Waals surface area contributed by atoms with Crippen molar-refractivity contribution in [1.82, 2.24) is 0 Å². The van der Waals surface area contributed by atoms with Crippen molar-refractivity contribution in [2.75, 3.05) is 16.8 Å². The molecule has 0 amide bonds. The lowest BCUT2D eigenvalue weighted by Gasteiger charge is -2.15. The number of hydrogen-bond acceptors (Lipinski definition) is 4. The molecule has 6 heteroatoms. The highest BCUT2D eigenvalue weighted by Crippen LogP contribution is 2.27. The minimum Gasteiger partial charge on any atom is -0.377 e. The molecule has 1 unspecified atom stereocenters. The lowest BCUT2D eigenvalue weighted by molar-refractivity contribution is -0.384. The van der Waals surface area contributed by atoms with Gasteiger partial charge >= 0.3 is 0 Å². The average molecular weight is 380 g/mol. The number of thioether (sulfide) groups is 1.